The van der Waals surface area contributed by atoms with Crippen LogP contribution < -0.4 is 14.4 Å². The minimum atomic E-state index is -3.65. The molecule has 3 aromatic carbocycles. The SMILES string of the molecule is COc1ccc(C(NC(=O)CN(c2ccccc2C)S(C)(=O)=O)c2ccccc2)cc1. The van der Waals surface area contributed by atoms with E-state index in [4.69, 9.17) is 4.74 Å². The molecule has 3 aromatic rings. The first-order valence-corrected chi connectivity index (χ1v) is 11.7. The fourth-order valence-electron chi connectivity index (χ4n) is 3.36. The lowest BCUT2D eigenvalue weighted by Gasteiger charge is -2.26. The van der Waals surface area contributed by atoms with Crippen LogP contribution in [0.5, 0.6) is 5.75 Å². The Hall–Kier alpha value is -3.32. The molecule has 0 saturated heterocycles. The van der Waals surface area contributed by atoms with Gasteiger partial charge in [0.05, 0.1) is 25.1 Å². The van der Waals surface area contributed by atoms with Crippen molar-refractivity contribution in [2.45, 2.75) is 13.0 Å². The number of amides is 1. The molecule has 162 valence electrons. The van der Waals surface area contributed by atoms with Gasteiger partial charge in [0.2, 0.25) is 15.9 Å². The molecule has 0 aromatic heterocycles. The molecule has 3 rings (SSSR count). The number of para-hydroxylation sites is 1. The minimum Gasteiger partial charge on any atom is -0.497 e. The summed E-state index contributed by atoms with van der Waals surface area (Å²) >= 11 is 0. The first-order chi connectivity index (χ1) is 14.8. The van der Waals surface area contributed by atoms with Gasteiger partial charge in [-0.05, 0) is 41.8 Å². The highest BCUT2D eigenvalue weighted by Gasteiger charge is 2.24. The summed E-state index contributed by atoms with van der Waals surface area (Å²) in [4.78, 5) is 13.0. The molecule has 0 fully saturated rings. The lowest BCUT2D eigenvalue weighted by Crippen LogP contribution is -2.42. The van der Waals surface area contributed by atoms with Gasteiger partial charge in [-0.25, -0.2) is 8.42 Å². The van der Waals surface area contributed by atoms with E-state index < -0.39 is 22.0 Å². The van der Waals surface area contributed by atoms with E-state index >= 15 is 0 Å². The Balaban J connectivity index is 1.89. The van der Waals surface area contributed by atoms with Crippen LogP contribution in [0.15, 0.2) is 78.9 Å². The Morgan fingerprint density at radius 3 is 2.10 bits per heavy atom. The fourth-order valence-corrected chi connectivity index (χ4v) is 4.28. The highest BCUT2D eigenvalue weighted by atomic mass is 32.2. The van der Waals surface area contributed by atoms with Crippen molar-refractivity contribution in [3.8, 4) is 5.75 Å². The summed E-state index contributed by atoms with van der Waals surface area (Å²) in [6.45, 7) is 1.50. The average molecular weight is 439 g/mol. The summed E-state index contributed by atoms with van der Waals surface area (Å²) in [5.74, 6) is 0.308. The van der Waals surface area contributed by atoms with Crippen LogP contribution in [0.3, 0.4) is 0 Å². The Bertz CT molecular complexity index is 1130. The molecule has 0 radical (unpaired) electrons. The van der Waals surface area contributed by atoms with Crippen LogP contribution in [0.25, 0.3) is 0 Å². The highest BCUT2D eigenvalue weighted by molar-refractivity contribution is 7.92. The van der Waals surface area contributed by atoms with Crippen LogP contribution in [0.2, 0.25) is 0 Å². The number of hydrogen-bond acceptors (Lipinski definition) is 4. The quantitative estimate of drug-likeness (QED) is 0.582. The topological polar surface area (TPSA) is 75.7 Å². The summed E-state index contributed by atoms with van der Waals surface area (Å²) in [6.07, 6.45) is 1.10. The number of aryl methyl sites for hydroxylation is 1. The number of rotatable bonds is 8. The second kappa shape index (κ2) is 9.66. The van der Waals surface area contributed by atoms with Gasteiger partial charge in [0.1, 0.15) is 12.3 Å². The zero-order valence-electron chi connectivity index (χ0n) is 17.8. The lowest BCUT2D eigenvalue weighted by molar-refractivity contribution is -0.120. The highest BCUT2D eigenvalue weighted by Crippen LogP contribution is 2.25. The maximum atomic E-state index is 13.0. The van der Waals surface area contributed by atoms with Crippen molar-refractivity contribution in [3.63, 3.8) is 0 Å². The van der Waals surface area contributed by atoms with Gasteiger partial charge in [-0.2, -0.15) is 0 Å². The van der Waals surface area contributed by atoms with Crippen LogP contribution in [-0.2, 0) is 14.8 Å². The van der Waals surface area contributed by atoms with E-state index in [2.05, 4.69) is 5.32 Å². The molecular weight excluding hydrogens is 412 g/mol. The molecule has 31 heavy (non-hydrogen) atoms. The van der Waals surface area contributed by atoms with Gasteiger partial charge in [0, 0.05) is 0 Å². The van der Waals surface area contributed by atoms with Crippen molar-refractivity contribution in [2.24, 2.45) is 0 Å². The molecule has 0 aliphatic carbocycles. The number of benzene rings is 3. The van der Waals surface area contributed by atoms with Crippen molar-refractivity contribution in [2.75, 3.05) is 24.2 Å². The van der Waals surface area contributed by atoms with Crippen molar-refractivity contribution in [1.82, 2.24) is 5.32 Å². The normalized spacial score (nSPS) is 12.1. The zero-order chi connectivity index (χ0) is 22.4. The maximum absolute atomic E-state index is 13.0. The molecule has 0 saturated carbocycles. The lowest BCUT2D eigenvalue weighted by atomic mass is 9.98. The number of sulfonamides is 1. The van der Waals surface area contributed by atoms with Crippen molar-refractivity contribution < 1.29 is 17.9 Å². The van der Waals surface area contributed by atoms with Crippen molar-refractivity contribution >= 4 is 21.6 Å². The average Bonchev–Trinajstić information content (AvgIpc) is 2.76. The molecular formula is C24H26N2O4S. The third-order valence-corrected chi connectivity index (χ3v) is 6.09. The Morgan fingerprint density at radius 1 is 0.935 bits per heavy atom. The number of nitrogens with zero attached hydrogens (tertiary/aromatic N) is 1. The fraction of sp³-hybridized carbons (Fsp3) is 0.208. The van der Waals surface area contributed by atoms with Gasteiger partial charge in [-0.3, -0.25) is 9.10 Å². The first kappa shape index (κ1) is 22.4. The molecule has 0 aliphatic heterocycles. The van der Waals surface area contributed by atoms with Crippen molar-refractivity contribution in [3.05, 3.63) is 95.6 Å². The number of carbonyl (C=O) groups is 1. The predicted molar refractivity (Wildman–Crippen MR) is 123 cm³/mol. The van der Waals surface area contributed by atoms with E-state index in [1.165, 1.54) is 0 Å². The molecule has 0 aliphatic rings. The third kappa shape index (κ3) is 5.64. The molecule has 0 spiro atoms. The second-order valence-electron chi connectivity index (χ2n) is 7.24. The molecule has 1 amide bonds. The summed E-state index contributed by atoms with van der Waals surface area (Å²) < 4.78 is 31.3. The van der Waals surface area contributed by atoms with Gasteiger partial charge in [-0.1, -0.05) is 60.7 Å². The first-order valence-electron chi connectivity index (χ1n) is 9.81. The molecule has 1 unspecified atom stereocenters. The van der Waals surface area contributed by atoms with E-state index in [9.17, 15) is 13.2 Å². The van der Waals surface area contributed by atoms with Crippen LogP contribution in [0.1, 0.15) is 22.7 Å². The monoisotopic (exact) mass is 438 g/mol. The summed E-state index contributed by atoms with van der Waals surface area (Å²) in [5.41, 5.74) is 3.02. The summed E-state index contributed by atoms with van der Waals surface area (Å²) in [5, 5.41) is 2.99. The molecule has 0 heterocycles. The Morgan fingerprint density at radius 2 is 1.52 bits per heavy atom. The smallest absolute Gasteiger partial charge is 0.241 e. The number of hydrogen-bond donors (Lipinski definition) is 1. The van der Waals surface area contributed by atoms with E-state index in [1.54, 1.807) is 19.2 Å². The van der Waals surface area contributed by atoms with Crippen LogP contribution in [0.4, 0.5) is 5.69 Å². The molecule has 7 heteroatoms. The van der Waals surface area contributed by atoms with Crippen LogP contribution in [0, 0.1) is 6.92 Å². The number of methoxy groups -OCH3 is 1. The largest absolute Gasteiger partial charge is 0.497 e. The number of ether oxygens (including phenoxy) is 1. The van der Waals surface area contributed by atoms with Gasteiger partial charge >= 0.3 is 0 Å². The molecule has 1 atom stereocenters. The van der Waals surface area contributed by atoms with E-state index in [1.807, 2.05) is 73.7 Å². The van der Waals surface area contributed by atoms with Crippen LogP contribution in [-0.4, -0.2) is 34.2 Å². The Kier molecular flexibility index (Phi) is 6.97. The predicted octanol–water partition coefficient (Wildman–Crippen LogP) is 3.68. The van der Waals surface area contributed by atoms with Crippen LogP contribution >= 0.6 is 0 Å². The third-order valence-electron chi connectivity index (χ3n) is 4.96. The molecule has 0 bridgehead atoms. The maximum Gasteiger partial charge on any atom is 0.241 e. The van der Waals surface area contributed by atoms with Gasteiger partial charge < -0.3 is 10.1 Å². The van der Waals surface area contributed by atoms with E-state index in [-0.39, 0.29) is 6.54 Å². The summed E-state index contributed by atoms with van der Waals surface area (Å²) in [7, 11) is -2.06. The summed E-state index contributed by atoms with van der Waals surface area (Å²) in [6, 6.07) is 23.6. The standard InChI is InChI=1S/C24H26N2O4S/c1-18-9-7-8-12-22(18)26(31(3,28)29)17-23(27)25-24(19-10-5-4-6-11-19)20-13-15-21(30-2)16-14-20/h4-16,24H,17H2,1-3H3,(H,25,27). The minimum absolute atomic E-state index is 0.316. The van der Waals surface area contributed by atoms with E-state index in [0.717, 1.165) is 27.3 Å². The number of nitrogens with one attached hydrogen (secondary N) is 1. The zero-order valence-corrected chi connectivity index (χ0v) is 18.6. The van der Waals surface area contributed by atoms with Gasteiger partial charge in [-0.15, -0.1) is 0 Å². The second-order valence-corrected chi connectivity index (χ2v) is 9.15. The number of anilines is 1. The number of carbonyl (C=O) groups excluding carboxylic acids is 1. The molecule has 1 N–H and O–H groups in total. The van der Waals surface area contributed by atoms with Gasteiger partial charge in [0.25, 0.3) is 0 Å². The van der Waals surface area contributed by atoms with Gasteiger partial charge in [0.15, 0.2) is 0 Å². The Labute approximate surface area is 183 Å². The van der Waals surface area contributed by atoms with E-state index in [0.29, 0.717) is 11.4 Å². The van der Waals surface area contributed by atoms with Crippen molar-refractivity contribution in [1.29, 1.82) is 0 Å². The molecule has 6 nitrogen and oxygen atoms in total.